The second kappa shape index (κ2) is 9.00. The van der Waals surface area contributed by atoms with Gasteiger partial charge in [0.1, 0.15) is 0 Å². The van der Waals surface area contributed by atoms with Crippen LogP contribution in [0, 0.1) is 5.92 Å². The standard InChI is InChI=1S/C17H32N4/c1-7-18-15(4)17-9-8-16(12-19-17)21(13-14(2)3)11-10-20(5)6/h8-9,12,14-15,18H,7,10-11,13H2,1-6H3. The first-order valence-corrected chi connectivity index (χ1v) is 8.03. The molecule has 1 heterocycles. The molecule has 4 nitrogen and oxygen atoms in total. The Balaban J connectivity index is 2.77. The van der Waals surface area contributed by atoms with Crippen LogP contribution in [0.15, 0.2) is 18.3 Å². The first kappa shape index (κ1) is 17.9. The Kier molecular flexibility index (Phi) is 7.68. The molecule has 0 radical (unpaired) electrons. The van der Waals surface area contributed by atoms with Gasteiger partial charge in [0.25, 0.3) is 0 Å². The maximum Gasteiger partial charge on any atom is 0.0572 e. The minimum atomic E-state index is 0.310. The van der Waals surface area contributed by atoms with Crippen LogP contribution in [0.4, 0.5) is 5.69 Å². The predicted molar refractivity (Wildman–Crippen MR) is 91.9 cm³/mol. The molecule has 1 atom stereocenters. The molecule has 0 saturated heterocycles. The van der Waals surface area contributed by atoms with Gasteiger partial charge in [-0.3, -0.25) is 4.98 Å². The number of aromatic nitrogens is 1. The lowest BCUT2D eigenvalue weighted by molar-refractivity contribution is 0.409. The van der Waals surface area contributed by atoms with Gasteiger partial charge in [0.2, 0.25) is 0 Å². The van der Waals surface area contributed by atoms with Gasteiger partial charge in [-0.2, -0.15) is 0 Å². The summed E-state index contributed by atoms with van der Waals surface area (Å²) in [5, 5.41) is 3.40. The number of hydrogen-bond donors (Lipinski definition) is 1. The number of anilines is 1. The van der Waals surface area contributed by atoms with E-state index in [0.29, 0.717) is 12.0 Å². The third-order valence-electron chi connectivity index (χ3n) is 3.49. The molecule has 1 aromatic rings. The molecule has 0 aliphatic rings. The molecule has 0 spiro atoms. The molecule has 0 bridgehead atoms. The maximum atomic E-state index is 4.63. The minimum absolute atomic E-state index is 0.310. The average Bonchev–Trinajstić information content (AvgIpc) is 2.43. The fourth-order valence-electron chi connectivity index (χ4n) is 2.34. The summed E-state index contributed by atoms with van der Waals surface area (Å²) in [5.41, 5.74) is 2.33. The van der Waals surface area contributed by atoms with Crippen LogP contribution >= 0.6 is 0 Å². The number of nitrogens with zero attached hydrogens (tertiary/aromatic N) is 3. The molecule has 0 amide bonds. The number of likely N-dealkylation sites (N-methyl/N-ethyl adjacent to an activating group) is 1. The van der Waals surface area contributed by atoms with Gasteiger partial charge in [-0.15, -0.1) is 0 Å². The topological polar surface area (TPSA) is 31.4 Å². The fourth-order valence-corrected chi connectivity index (χ4v) is 2.34. The van der Waals surface area contributed by atoms with Crippen molar-refractivity contribution in [3.8, 4) is 0 Å². The van der Waals surface area contributed by atoms with Crippen LogP contribution in [-0.4, -0.2) is 50.2 Å². The molecule has 21 heavy (non-hydrogen) atoms. The van der Waals surface area contributed by atoms with Crippen molar-refractivity contribution in [1.82, 2.24) is 15.2 Å². The van der Waals surface area contributed by atoms with Crippen molar-refractivity contribution < 1.29 is 0 Å². The highest BCUT2D eigenvalue weighted by atomic mass is 15.2. The van der Waals surface area contributed by atoms with E-state index in [9.17, 15) is 0 Å². The van der Waals surface area contributed by atoms with Crippen LogP contribution in [0.1, 0.15) is 39.4 Å². The van der Waals surface area contributed by atoms with E-state index in [1.54, 1.807) is 0 Å². The van der Waals surface area contributed by atoms with Gasteiger partial charge in [-0.25, -0.2) is 0 Å². The number of rotatable bonds is 9. The molecule has 120 valence electrons. The van der Waals surface area contributed by atoms with E-state index in [1.165, 1.54) is 5.69 Å². The second-order valence-electron chi connectivity index (χ2n) is 6.36. The first-order chi connectivity index (χ1) is 9.93. The molecular weight excluding hydrogens is 260 g/mol. The van der Waals surface area contributed by atoms with E-state index in [1.807, 2.05) is 6.20 Å². The van der Waals surface area contributed by atoms with E-state index >= 15 is 0 Å². The minimum Gasteiger partial charge on any atom is -0.369 e. The van der Waals surface area contributed by atoms with Crippen molar-refractivity contribution in [3.63, 3.8) is 0 Å². The van der Waals surface area contributed by atoms with Gasteiger partial charge in [0.05, 0.1) is 17.6 Å². The number of nitrogens with one attached hydrogen (secondary N) is 1. The third-order valence-corrected chi connectivity index (χ3v) is 3.49. The highest BCUT2D eigenvalue weighted by Crippen LogP contribution is 2.17. The zero-order chi connectivity index (χ0) is 15.8. The van der Waals surface area contributed by atoms with Gasteiger partial charge in [-0.1, -0.05) is 20.8 Å². The van der Waals surface area contributed by atoms with Crippen molar-refractivity contribution in [2.24, 2.45) is 5.92 Å². The maximum absolute atomic E-state index is 4.63. The zero-order valence-corrected chi connectivity index (χ0v) is 14.6. The van der Waals surface area contributed by atoms with Crippen LogP contribution < -0.4 is 10.2 Å². The lowest BCUT2D eigenvalue weighted by Crippen LogP contribution is -2.34. The summed E-state index contributed by atoms with van der Waals surface area (Å²) < 4.78 is 0. The Bertz CT molecular complexity index is 386. The van der Waals surface area contributed by atoms with Crippen LogP contribution in [0.2, 0.25) is 0 Å². The Morgan fingerprint density at radius 1 is 1.14 bits per heavy atom. The van der Waals surface area contributed by atoms with Crippen molar-refractivity contribution in [2.75, 3.05) is 45.2 Å². The summed E-state index contributed by atoms with van der Waals surface area (Å²) in [6, 6.07) is 4.66. The summed E-state index contributed by atoms with van der Waals surface area (Å²) in [5.74, 6) is 0.646. The SMILES string of the molecule is CCNC(C)c1ccc(N(CCN(C)C)CC(C)C)cn1. The largest absolute Gasteiger partial charge is 0.369 e. The summed E-state index contributed by atoms with van der Waals surface area (Å²) in [6.07, 6.45) is 2.02. The molecule has 1 aromatic heterocycles. The van der Waals surface area contributed by atoms with Crippen molar-refractivity contribution in [1.29, 1.82) is 0 Å². The highest BCUT2D eigenvalue weighted by Gasteiger charge is 2.11. The van der Waals surface area contributed by atoms with Crippen molar-refractivity contribution >= 4 is 5.69 Å². The Hall–Kier alpha value is -1.13. The summed E-state index contributed by atoms with van der Waals surface area (Å²) in [6.45, 7) is 12.9. The van der Waals surface area contributed by atoms with Crippen molar-refractivity contribution in [3.05, 3.63) is 24.0 Å². The van der Waals surface area contributed by atoms with E-state index in [0.717, 1.165) is 31.9 Å². The monoisotopic (exact) mass is 292 g/mol. The van der Waals surface area contributed by atoms with Gasteiger partial charge in [0, 0.05) is 25.7 Å². The Morgan fingerprint density at radius 2 is 1.86 bits per heavy atom. The number of hydrogen-bond acceptors (Lipinski definition) is 4. The van der Waals surface area contributed by atoms with Crippen LogP contribution in [0.25, 0.3) is 0 Å². The molecular formula is C17H32N4. The quantitative estimate of drug-likeness (QED) is 0.758. The summed E-state index contributed by atoms with van der Waals surface area (Å²) >= 11 is 0. The molecule has 0 aromatic carbocycles. The Morgan fingerprint density at radius 3 is 2.33 bits per heavy atom. The molecule has 0 fully saturated rings. The number of pyridine rings is 1. The average molecular weight is 292 g/mol. The molecule has 1 N–H and O–H groups in total. The van der Waals surface area contributed by atoms with E-state index in [4.69, 9.17) is 0 Å². The molecule has 1 unspecified atom stereocenters. The molecule has 0 aliphatic carbocycles. The molecule has 4 heteroatoms. The second-order valence-corrected chi connectivity index (χ2v) is 6.36. The predicted octanol–water partition coefficient (Wildman–Crippen LogP) is 2.78. The smallest absolute Gasteiger partial charge is 0.0572 e. The fraction of sp³-hybridized carbons (Fsp3) is 0.706. The van der Waals surface area contributed by atoms with Gasteiger partial charge >= 0.3 is 0 Å². The van der Waals surface area contributed by atoms with Crippen molar-refractivity contribution in [2.45, 2.75) is 33.7 Å². The zero-order valence-electron chi connectivity index (χ0n) is 14.6. The van der Waals surface area contributed by atoms with Crippen LogP contribution in [0.3, 0.4) is 0 Å². The highest BCUT2D eigenvalue weighted by molar-refractivity contribution is 5.45. The summed E-state index contributed by atoms with van der Waals surface area (Å²) in [7, 11) is 4.24. The first-order valence-electron chi connectivity index (χ1n) is 8.03. The van der Waals surface area contributed by atoms with Gasteiger partial charge < -0.3 is 15.1 Å². The normalized spacial score (nSPS) is 13.0. The third kappa shape index (κ3) is 6.44. The molecule has 1 rings (SSSR count). The lowest BCUT2D eigenvalue weighted by Gasteiger charge is -2.28. The van der Waals surface area contributed by atoms with Crippen LogP contribution in [-0.2, 0) is 0 Å². The van der Waals surface area contributed by atoms with E-state index in [-0.39, 0.29) is 0 Å². The van der Waals surface area contributed by atoms with Gasteiger partial charge in [-0.05, 0) is 45.6 Å². The summed E-state index contributed by atoms with van der Waals surface area (Å²) in [4.78, 5) is 9.29. The van der Waals surface area contributed by atoms with Crippen LogP contribution in [0.5, 0.6) is 0 Å². The molecule has 0 saturated carbocycles. The van der Waals surface area contributed by atoms with E-state index in [2.05, 4.69) is 74.0 Å². The van der Waals surface area contributed by atoms with E-state index < -0.39 is 0 Å². The lowest BCUT2D eigenvalue weighted by atomic mass is 10.1. The van der Waals surface area contributed by atoms with Gasteiger partial charge in [0.15, 0.2) is 0 Å². The molecule has 0 aliphatic heterocycles. The Labute approximate surface area is 130 Å².